The minimum Gasteiger partial charge on any atom is -0.378 e. The number of hydrogen-bond acceptors (Lipinski definition) is 5. The number of aromatic nitrogens is 4. The highest BCUT2D eigenvalue weighted by molar-refractivity contribution is 5.98. The van der Waals surface area contributed by atoms with Crippen LogP contribution < -0.4 is 4.90 Å². The average Bonchev–Trinajstić information content (AvgIpc) is 2.97. The summed E-state index contributed by atoms with van der Waals surface area (Å²) in [4.78, 5) is 11.7. The summed E-state index contributed by atoms with van der Waals surface area (Å²) in [5.41, 5.74) is 3.54. The van der Waals surface area contributed by atoms with Gasteiger partial charge in [0.25, 0.3) is 0 Å². The molecular weight excluding hydrogens is 302 g/mol. The third-order valence-corrected chi connectivity index (χ3v) is 4.51. The highest BCUT2D eigenvalue weighted by atomic mass is 16.5. The topological polar surface area (TPSA) is 55.6 Å². The number of aryl methyl sites for hydroxylation is 1. The van der Waals surface area contributed by atoms with Gasteiger partial charge in [-0.05, 0) is 19.1 Å². The minimum absolute atomic E-state index is 0.737. The van der Waals surface area contributed by atoms with Crippen LogP contribution in [0.1, 0.15) is 5.69 Å². The van der Waals surface area contributed by atoms with E-state index in [9.17, 15) is 0 Å². The first kappa shape index (κ1) is 13.7. The maximum atomic E-state index is 5.48. The highest BCUT2D eigenvalue weighted by Gasteiger charge is 2.18. The lowest BCUT2D eigenvalue weighted by molar-refractivity contribution is 0.122. The first-order chi connectivity index (χ1) is 11.8. The Bertz CT molecular complexity index is 1070. The van der Waals surface area contributed by atoms with Crippen LogP contribution >= 0.6 is 0 Å². The van der Waals surface area contributed by atoms with Gasteiger partial charge >= 0.3 is 0 Å². The number of rotatable bonds is 1. The molecule has 1 fully saturated rings. The summed E-state index contributed by atoms with van der Waals surface area (Å²) >= 11 is 0. The Balaban J connectivity index is 1.82. The van der Waals surface area contributed by atoms with Gasteiger partial charge in [0.15, 0.2) is 11.3 Å². The summed E-state index contributed by atoms with van der Waals surface area (Å²) in [5, 5.41) is 6.84. The van der Waals surface area contributed by atoms with Crippen LogP contribution in [-0.4, -0.2) is 45.9 Å². The van der Waals surface area contributed by atoms with Crippen molar-refractivity contribution in [2.75, 3.05) is 31.2 Å². The van der Waals surface area contributed by atoms with Crippen LogP contribution in [0.25, 0.3) is 27.6 Å². The van der Waals surface area contributed by atoms with Crippen molar-refractivity contribution in [3.05, 3.63) is 42.1 Å². The highest BCUT2D eigenvalue weighted by Crippen LogP contribution is 2.26. The van der Waals surface area contributed by atoms with Gasteiger partial charge in [0.1, 0.15) is 5.82 Å². The summed E-state index contributed by atoms with van der Waals surface area (Å²) in [5.74, 6) is 1.06. The summed E-state index contributed by atoms with van der Waals surface area (Å²) in [6.07, 6.45) is 0. The Morgan fingerprint density at radius 2 is 1.88 bits per heavy atom. The number of hydrogen-bond donors (Lipinski definition) is 0. The molecule has 1 aromatic carbocycles. The van der Waals surface area contributed by atoms with Gasteiger partial charge in [0.05, 0.1) is 24.1 Å². The molecule has 24 heavy (non-hydrogen) atoms. The fourth-order valence-electron chi connectivity index (χ4n) is 3.34. The molecule has 0 aliphatic carbocycles. The molecule has 0 unspecified atom stereocenters. The molecule has 1 saturated heterocycles. The molecule has 5 rings (SSSR count). The van der Waals surface area contributed by atoms with Crippen LogP contribution in [0.15, 0.2) is 36.4 Å². The summed E-state index contributed by atoms with van der Waals surface area (Å²) in [7, 11) is 0. The Labute approximate surface area is 138 Å². The largest absolute Gasteiger partial charge is 0.378 e. The number of morpholine rings is 1. The van der Waals surface area contributed by atoms with E-state index in [1.165, 1.54) is 0 Å². The molecule has 0 radical (unpaired) electrons. The van der Waals surface area contributed by atoms with E-state index in [1.807, 2.05) is 29.6 Å². The van der Waals surface area contributed by atoms with E-state index in [0.717, 1.165) is 65.4 Å². The first-order valence-corrected chi connectivity index (χ1v) is 8.18. The average molecular weight is 319 g/mol. The molecule has 120 valence electrons. The van der Waals surface area contributed by atoms with E-state index in [4.69, 9.17) is 19.8 Å². The molecule has 6 nitrogen and oxygen atoms in total. The van der Waals surface area contributed by atoms with Gasteiger partial charge in [-0.15, -0.1) is 5.10 Å². The molecule has 0 saturated carbocycles. The van der Waals surface area contributed by atoms with Crippen molar-refractivity contribution >= 4 is 33.4 Å². The Morgan fingerprint density at radius 1 is 1.04 bits per heavy atom. The van der Waals surface area contributed by atoms with Gasteiger partial charge in [-0.1, -0.05) is 18.2 Å². The molecule has 1 aliphatic heterocycles. The van der Waals surface area contributed by atoms with Crippen LogP contribution in [0.2, 0.25) is 0 Å². The molecule has 0 amide bonds. The van der Waals surface area contributed by atoms with Crippen LogP contribution in [-0.2, 0) is 4.74 Å². The van der Waals surface area contributed by atoms with E-state index >= 15 is 0 Å². The van der Waals surface area contributed by atoms with Gasteiger partial charge < -0.3 is 9.64 Å². The Hall–Kier alpha value is -2.73. The molecule has 0 N–H and O–H groups in total. The third kappa shape index (κ3) is 2.03. The van der Waals surface area contributed by atoms with Crippen molar-refractivity contribution in [2.24, 2.45) is 0 Å². The Morgan fingerprint density at radius 3 is 2.75 bits per heavy atom. The maximum absolute atomic E-state index is 5.48. The first-order valence-electron chi connectivity index (χ1n) is 8.18. The fraction of sp³-hybridized carbons (Fsp3) is 0.278. The predicted octanol–water partition coefficient (Wildman–Crippen LogP) is 2.58. The fourth-order valence-corrected chi connectivity index (χ4v) is 3.34. The second-order valence-corrected chi connectivity index (χ2v) is 6.14. The zero-order valence-electron chi connectivity index (χ0n) is 13.4. The van der Waals surface area contributed by atoms with E-state index < -0.39 is 0 Å². The minimum atomic E-state index is 0.737. The molecule has 0 bridgehead atoms. The van der Waals surface area contributed by atoms with E-state index in [-0.39, 0.29) is 0 Å². The number of ether oxygens (including phenoxy) is 1. The lowest BCUT2D eigenvalue weighted by atomic mass is 10.2. The zero-order valence-corrected chi connectivity index (χ0v) is 13.4. The molecule has 0 atom stereocenters. The lowest BCUT2D eigenvalue weighted by Crippen LogP contribution is -2.37. The number of anilines is 1. The zero-order chi connectivity index (χ0) is 16.1. The van der Waals surface area contributed by atoms with Crippen molar-refractivity contribution in [3.63, 3.8) is 0 Å². The second kappa shape index (κ2) is 5.14. The molecule has 4 aromatic rings. The molecule has 4 heterocycles. The molecule has 6 heteroatoms. The van der Waals surface area contributed by atoms with Crippen LogP contribution in [0.3, 0.4) is 0 Å². The third-order valence-electron chi connectivity index (χ3n) is 4.51. The van der Waals surface area contributed by atoms with Gasteiger partial charge in [-0.25, -0.2) is 9.97 Å². The molecular formula is C18H17N5O. The van der Waals surface area contributed by atoms with Gasteiger partial charge in [0.2, 0.25) is 0 Å². The molecule has 0 spiro atoms. The second-order valence-electron chi connectivity index (χ2n) is 6.14. The lowest BCUT2D eigenvalue weighted by Gasteiger charge is -2.28. The summed E-state index contributed by atoms with van der Waals surface area (Å²) < 4.78 is 7.40. The summed E-state index contributed by atoms with van der Waals surface area (Å²) in [6.45, 7) is 5.24. The van der Waals surface area contributed by atoms with E-state index in [1.54, 1.807) is 0 Å². The predicted molar refractivity (Wildman–Crippen MR) is 93.6 cm³/mol. The molecule has 3 aromatic heterocycles. The van der Waals surface area contributed by atoms with Crippen molar-refractivity contribution in [1.29, 1.82) is 0 Å². The van der Waals surface area contributed by atoms with E-state index in [0.29, 0.717) is 0 Å². The van der Waals surface area contributed by atoms with Crippen molar-refractivity contribution in [1.82, 2.24) is 19.6 Å². The SMILES string of the molecule is Cc1cc(N2CCOCC2)n2nc3nc4ccccc4cc3c2n1. The smallest absolute Gasteiger partial charge is 0.184 e. The Kier molecular flexibility index (Phi) is 2.93. The summed E-state index contributed by atoms with van der Waals surface area (Å²) in [6, 6.07) is 12.3. The molecule has 1 aliphatic rings. The standard InChI is InChI=1S/C18H17N5O/c1-12-10-16(22-6-8-24-9-7-22)23-18(19-12)14-11-13-4-2-3-5-15(13)20-17(14)21-23/h2-5,10-11H,6-9H2,1H3. The number of para-hydroxylation sites is 1. The van der Waals surface area contributed by atoms with Gasteiger partial charge in [-0.2, -0.15) is 4.52 Å². The van der Waals surface area contributed by atoms with E-state index in [2.05, 4.69) is 23.1 Å². The normalized spacial score (nSPS) is 15.6. The van der Waals surface area contributed by atoms with Crippen LogP contribution in [0.4, 0.5) is 5.82 Å². The van der Waals surface area contributed by atoms with Crippen molar-refractivity contribution in [3.8, 4) is 0 Å². The van der Waals surface area contributed by atoms with Crippen LogP contribution in [0, 0.1) is 6.92 Å². The van der Waals surface area contributed by atoms with Crippen molar-refractivity contribution < 1.29 is 4.74 Å². The number of nitrogens with zero attached hydrogens (tertiary/aromatic N) is 5. The monoisotopic (exact) mass is 319 g/mol. The van der Waals surface area contributed by atoms with Crippen molar-refractivity contribution in [2.45, 2.75) is 6.92 Å². The van der Waals surface area contributed by atoms with Crippen LogP contribution in [0.5, 0.6) is 0 Å². The number of pyridine rings is 1. The number of fused-ring (bicyclic) bond motifs is 4. The maximum Gasteiger partial charge on any atom is 0.184 e. The number of benzene rings is 1. The van der Waals surface area contributed by atoms with Gasteiger partial charge in [-0.3, -0.25) is 0 Å². The van der Waals surface area contributed by atoms with Gasteiger partial charge in [0, 0.05) is 30.2 Å². The quantitative estimate of drug-likeness (QED) is 0.540.